The minimum atomic E-state index is -1.45. The standard InChI is InChI=1S/C22H20O2S/c1-17-12-14-20(15-13-17)25(24)21(16-18-8-4-2-5-9-18)22(23)19-10-6-3-7-11-19/h2-16,22-23H,1H3/b21-16+/t22-,25?/m1/s1. The Labute approximate surface area is 150 Å². The normalized spacial score (nSPS) is 14.1. The van der Waals surface area contributed by atoms with Gasteiger partial charge in [0.25, 0.3) is 0 Å². The Morgan fingerprint density at radius 1 is 0.880 bits per heavy atom. The Morgan fingerprint density at radius 3 is 2.04 bits per heavy atom. The third-order valence-corrected chi connectivity index (χ3v) is 5.41. The molecule has 0 aromatic heterocycles. The van der Waals surface area contributed by atoms with Crippen molar-refractivity contribution in [2.45, 2.75) is 17.9 Å². The molecule has 0 radical (unpaired) electrons. The molecule has 3 aromatic carbocycles. The Bertz CT molecular complexity index is 869. The van der Waals surface area contributed by atoms with E-state index in [0.717, 1.165) is 16.7 Å². The quantitative estimate of drug-likeness (QED) is 0.714. The summed E-state index contributed by atoms with van der Waals surface area (Å²) in [7, 11) is -1.45. The van der Waals surface area contributed by atoms with Crippen LogP contribution in [-0.4, -0.2) is 9.32 Å². The van der Waals surface area contributed by atoms with Crippen molar-refractivity contribution >= 4 is 16.9 Å². The molecule has 2 atom stereocenters. The lowest BCUT2D eigenvalue weighted by Gasteiger charge is -2.16. The van der Waals surface area contributed by atoms with E-state index < -0.39 is 16.9 Å². The van der Waals surface area contributed by atoms with Crippen LogP contribution in [0.4, 0.5) is 0 Å². The van der Waals surface area contributed by atoms with Crippen LogP contribution in [0.15, 0.2) is 94.7 Å². The zero-order valence-electron chi connectivity index (χ0n) is 14.0. The number of benzene rings is 3. The van der Waals surface area contributed by atoms with Crippen molar-refractivity contribution in [3.63, 3.8) is 0 Å². The molecular weight excluding hydrogens is 328 g/mol. The molecule has 0 saturated carbocycles. The lowest BCUT2D eigenvalue weighted by atomic mass is 10.1. The number of aliphatic hydroxyl groups excluding tert-OH is 1. The van der Waals surface area contributed by atoms with Crippen LogP contribution in [0.2, 0.25) is 0 Å². The molecule has 126 valence electrons. The molecule has 0 aliphatic heterocycles. The van der Waals surface area contributed by atoms with Crippen molar-refractivity contribution in [1.29, 1.82) is 0 Å². The minimum Gasteiger partial charge on any atom is -0.383 e. The summed E-state index contributed by atoms with van der Waals surface area (Å²) in [6, 6.07) is 26.5. The van der Waals surface area contributed by atoms with Crippen molar-refractivity contribution in [2.24, 2.45) is 0 Å². The summed E-state index contributed by atoms with van der Waals surface area (Å²) in [4.78, 5) is 1.16. The first-order chi connectivity index (χ1) is 12.1. The van der Waals surface area contributed by atoms with E-state index in [2.05, 4.69) is 0 Å². The van der Waals surface area contributed by atoms with E-state index in [1.165, 1.54) is 0 Å². The van der Waals surface area contributed by atoms with E-state index in [1.54, 1.807) is 0 Å². The van der Waals surface area contributed by atoms with Crippen LogP contribution in [-0.2, 0) is 10.8 Å². The fourth-order valence-electron chi connectivity index (χ4n) is 2.54. The zero-order chi connectivity index (χ0) is 17.6. The summed E-state index contributed by atoms with van der Waals surface area (Å²) >= 11 is 0. The summed E-state index contributed by atoms with van der Waals surface area (Å²) < 4.78 is 13.2. The predicted molar refractivity (Wildman–Crippen MR) is 103 cm³/mol. The van der Waals surface area contributed by atoms with Crippen molar-refractivity contribution in [3.05, 3.63) is 107 Å². The van der Waals surface area contributed by atoms with E-state index in [-0.39, 0.29) is 0 Å². The second kappa shape index (κ2) is 8.06. The van der Waals surface area contributed by atoms with Gasteiger partial charge in [0.2, 0.25) is 0 Å². The average Bonchev–Trinajstić information content (AvgIpc) is 2.67. The molecule has 3 aromatic rings. The van der Waals surface area contributed by atoms with Crippen LogP contribution in [0.25, 0.3) is 6.08 Å². The van der Waals surface area contributed by atoms with Crippen LogP contribution >= 0.6 is 0 Å². The molecule has 3 rings (SSSR count). The first-order valence-corrected chi connectivity index (χ1v) is 9.28. The number of aryl methyl sites for hydroxylation is 1. The Balaban J connectivity index is 2.04. The highest BCUT2D eigenvalue weighted by atomic mass is 32.2. The summed E-state index contributed by atoms with van der Waals surface area (Å²) in [5.74, 6) is 0. The van der Waals surface area contributed by atoms with Gasteiger partial charge in [-0.1, -0.05) is 78.4 Å². The highest BCUT2D eigenvalue weighted by Gasteiger charge is 2.20. The molecule has 3 heteroatoms. The maximum Gasteiger partial charge on any atom is 0.113 e. The molecule has 0 heterocycles. The number of hydrogen-bond donors (Lipinski definition) is 1. The molecule has 1 unspecified atom stereocenters. The van der Waals surface area contributed by atoms with Crippen molar-refractivity contribution in [3.8, 4) is 0 Å². The van der Waals surface area contributed by atoms with Crippen LogP contribution in [0.1, 0.15) is 22.8 Å². The molecule has 0 bridgehead atoms. The largest absolute Gasteiger partial charge is 0.383 e. The van der Waals surface area contributed by atoms with Gasteiger partial charge in [0, 0.05) is 4.90 Å². The summed E-state index contributed by atoms with van der Waals surface area (Å²) in [5, 5.41) is 10.9. The van der Waals surface area contributed by atoms with Crippen LogP contribution in [0, 0.1) is 6.92 Å². The smallest absolute Gasteiger partial charge is 0.113 e. The molecule has 0 fully saturated rings. The van der Waals surface area contributed by atoms with Gasteiger partial charge in [-0.3, -0.25) is 0 Å². The first kappa shape index (κ1) is 17.3. The lowest BCUT2D eigenvalue weighted by molar-refractivity contribution is 0.225. The van der Waals surface area contributed by atoms with E-state index >= 15 is 0 Å². The van der Waals surface area contributed by atoms with Crippen molar-refractivity contribution in [1.82, 2.24) is 0 Å². The van der Waals surface area contributed by atoms with Gasteiger partial charge in [-0.15, -0.1) is 0 Å². The summed E-state index contributed by atoms with van der Waals surface area (Å²) in [5.41, 5.74) is 2.75. The Hall–Kier alpha value is -2.49. The zero-order valence-corrected chi connectivity index (χ0v) is 14.8. The SMILES string of the molecule is Cc1ccc(S(=O)/C(=C/c2ccccc2)[C@H](O)c2ccccc2)cc1. The second-order valence-electron chi connectivity index (χ2n) is 5.85. The van der Waals surface area contributed by atoms with Crippen LogP contribution in [0.5, 0.6) is 0 Å². The van der Waals surface area contributed by atoms with Gasteiger partial charge in [0.05, 0.1) is 15.7 Å². The van der Waals surface area contributed by atoms with Crippen LogP contribution < -0.4 is 0 Å². The van der Waals surface area contributed by atoms with Crippen molar-refractivity contribution in [2.75, 3.05) is 0 Å². The van der Waals surface area contributed by atoms with Gasteiger partial charge >= 0.3 is 0 Å². The van der Waals surface area contributed by atoms with Gasteiger partial charge in [0.1, 0.15) is 6.10 Å². The van der Waals surface area contributed by atoms with E-state index in [9.17, 15) is 9.32 Å². The molecule has 0 aliphatic rings. The lowest BCUT2D eigenvalue weighted by Crippen LogP contribution is -2.07. The molecule has 0 aliphatic carbocycles. The number of hydrogen-bond acceptors (Lipinski definition) is 2. The maximum atomic E-state index is 13.2. The minimum absolute atomic E-state index is 0.473. The first-order valence-electron chi connectivity index (χ1n) is 8.13. The summed E-state index contributed by atoms with van der Waals surface area (Å²) in [6.07, 6.45) is 0.886. The fourth-order valence-corrected chi connectivity index (χ4v) is 3.78. The third kappa shape index (κ3) is 4.32. The molecule has 2 nitrogen and oxygen atoms in total. The Morgan fingerprint density at radius 2 is 1.44 bits per heavy atom. The van der Waals surface area contributed by atoms with E-state index in [4.69, 9.17) is 0 Å². The fraction of sp³-hybridized carbons (Fsp3) is 0.0909. The number of aliphatic hydroxyl groups is 1. The average molecular weight is 348 g/mol. The highest BCUT2D eigenvalue weighted by molar-refractivity contribution is 7.89. The third-order valence-electron chi connectivity index (χ3n) is 3.94. The number of rotatable bonds is 5. The monoisotopic (exact) mass is 348 g/mol. The van der Waals surface area contributed by atoms with Crippen LogP contribution in [0.3, 0.4) is 0 Å². The van der Waals surface area contributed by atoms with E-state index in [1.807, 2.05) is 97.9 Å². The molecule has 25 heavy (non-hydrogen) atoms. The molecule has 0 spiro atoms. The Kier molecular flexibility index (Phi) is 5.59. The van der Waals surface area contributed by atoms with Crippen molar-refractivity contribution < 1.29 is 9.32 Å². The van der Waals surface area contributed by atoms with Gasteiger partial charge in [-0.05, 0) is 36.3 Å². The van der Waals surface area contributed by atoms with E-state index in [0.29, 0.717) is 9.80 Å². The maximum absolute atomic E-state index is 13.2. The molecule has 0 amide bonds. The van der Waals surface area contributed by atoms with Gasteiger partial charge < -0.3 is 5.11 Å². The van der Waals surface area contributed by atoms with Gasteiger partial charge in [-0.25, -0.2) is 4.21 Å². The second-order valence-corrected chi connectivity index (χ2v) is 7.33. The predicted octanol–water partition coefficient (Wildman–Crippen LogP) is 4.88. The van der Waals surface area contributed by atoms with Gasteiger partial charge in [0.15, 0.2) is 0 Å². The van der Waals surface area contributed by atoms with Gasteiger partial charge in [-0.2, -0.15) is 0 Å². The molecule has 1 N–H and O–H groups in total. The highest BCUT2D eigenvalue weighted by Crippen LogP contribution is 2.29. The summed E-state index contributed by atoms with van der Waals surface area (Å²) in [6.45, 7) is 1.99. The molecule has 0 saturated heterocycles. The topological polar surface area (TPSA) is 37.3 Å². The molecular formula is C22H20O2S.